The molecule has 0 radical (unpaired) electrons. The van der Waals surface area contributed by atoms with Crippen LogP contribution in [0.5, 0.6) is 0 Å². The average molecular weight is 294 g/mol. The Bertz CT molecular complexity index is 770. The van der Waals surface area contributed by atoms with Crippen molar-refractivity contribution < 1.29 is 8.78 Å². The van der Waals surface area contributed by atoms with E-state index in [2.05, 4.69) is 9.97 Å². The maximum Gasteiger partial charge on any atom is 0.128 e. The highest BCUT2D eigenvalue weighted by atomic mass is 35.5. The van der Waals surface area contributed by atoms with Gasteiger partial charge in [-0.05, 0) is 24.3 Å². The fourth-order valence-corrected chi connectivity index (χ4v) is 2.35. The zero-order chi connectivity index (χ0) is 14.1. The van der Waals surface area contributed by atoms with Crippen molar-refractivity contribution in [1.82, 2.24) is 14.5 Å². The third kappa shape index (κ3) is 2.25. The molecule has 0 aliphatic carbocycles. The minimum Gasteiger partial charge on any atom is -0.322 e. The highest BCUT2D eigenvalue weighted by molar-refractivity contribution is 6.16. The molecule has 0 fully saturated rings. The van der Waals surface area contributed by atoms with Gasteiger partial charge in [-0.25, -0.2) is 13.8 Å². The van der Waals surface area contributed by atoms with Crippen molar-refractivity contribution in [2.45, 2.75) is 12.4 Å². The molecule has 6 heteroatoms. The minimum absolute atomic E-state index is 0.173. The second kappa shape index (κ2) is 5.17. The molecule has 2 aromatic heterocycles. The Hall–Kier alpha value is -2.01. The van der Waals surface area contributed by atoms with Crippen molar-refractivity contribution in [2.24, 2.45) is 0 Å². The number of rotatable bonds is 3. The number of aromatic nitrogens is 3. The van der Waals surface area contributed by atoms with Crippen molar-refractivity contribution >= 4 is 22.6 Å². The Morgan fingerprint density at radius 2 is 2.05 bits per heavy atom. The summed E-state index contributed by atoms with van der Waals surface area (Å²) in [4.78, 5) is 8.32. The summed E-state index contributed by atoms with van der Waals surface area (Å²) in [5.74, 6) is -0.146. The number of fused-ring (bicyclic) bond motifs is 1. The quantitative estimate of drug-likeness (QED) is 0.692. The van der Waals surface area contributed by atoms with Gasteiger partial charge in [0.25, 0.3) is 0 Å². The van der Waals surface area contributed by atoms with Crippen LogP contribution in [0.25, 0.3) is 11.0 Å². The Balaban J connectivity index is 2.12. The molecule has 3 aromatic rings. The molecule has 3 nitrogen and oxygen atoms in total. The number of alkyl halides is 1. The Morgan fingerprint density at radius 1 is 1.20 bits per heavy atom. The third-order valence-electron chi connectivity index (χ3n) is 3.09. The third-order valence-corrected chi connectivity index (χ3v) is 3.32. The van der Waals surface area contributed by atoms with Gasteiger partial charge in [-0.2, -0.15) is 0 Å². The summed E-state index contributed by atoms with van der Waals surface area (Å²) in [5.41, 5.74) is 1.73. The van der Waals surface area contributed by atoms with E-state index < -0.39 is 11.6 Å². The maximum absolute atomic E-state index is 13.8. The number of hydrogen-bond acceptors (Lipinski definition) is 2. The lowest BCUT2D eigenvalue weighted by atomic mass is 10.2. The summed E-state index contributed by atoms with van der Waals surface area (Å²) in [7, 11) is 0. The Labute approximate surface area is 118 Å². The molecular formula is C14H10ClF2N3. The van der Waals surface area contributed by atoms with Crippen molar-refractivity contribution in [1.29, 1.82) is 0 Å². The lowest BCUT2D eigenvalue weighted by molar-refractivity contribution is 0.577. The number of imidazole rings is 1. The van der Waals surface area contributed by atoms with Crippen LogP contribution in [0.15, 0.2) is 36.7 Å². The topological polar surface area (TPSA) is 30.7 Å². The molecule has 0 spiro atoms. The van der Waals surface area contributed by atoms with Gasteiger partial charge in [0.1, 0.15) is 23.0 Å². The van der Waals surface area contributed by atoms with E-state index in [4.69, 9.17) is 11.6 Å². The van der Waals surface area contributed by atoms with Gasteiger partial charge >= 0.3 is 0 Å². The van der Waals surface area contributed by atoms with Crippen LogP contribution in [0, 0.1) is 11.6 Å². The number of hydrogen-bond donors (Lipinski definition) is 0. The summed E-state index contributed by atoms with van der Waals surface area (Å²) < 4.78 is 28.8. The fourth-order valence-electron chi connectivity index (χ4n) is 2.14. The van der Waals surface area contributed by atoms with Crippen LogP contribution in [-0.2, 0) is 12.4 Å². The van der Waals surface area contributed by atoms with Crippen LogP contribution in [0.2, 0.25) is 0 Å². The molecule has 20 heavy (non-hydrogen) atoms. The Morgan fingerprint density at radius 3 is 2.85 bits per heavy atom. The molecule has 0 amide bonds. The van der Waals surface area contributed by atoms with E-state index in [0.717, 1.165) is 17.6 Å². The number of nitrogens with zero attached hydrogens (tertiary/aromatic N) is 3. The van der Waals surface area contributed by atoms with E-state index >= 15 is 0 Å². The van der Waals surface area contributed by atoms with Crippen LogP contribution < -0.4 is 0 Å². The van der Waals surface area contributed by atoms with E-state index in [1.165, 1.54) is 6.07 Å². The van der Waals surface area contributed by atoms with Crippen LogP contribution >= 0.6 is 11.6 Å². The molecule has 0 bridgehead atoms. The molecule has 0 N–H and O–H groups in total. The SMILES string of the molecule is Fc1ccc(F)c(Cn2c(CCl)nc3cnccc32)c1. The molecular weight excluding hydrogens is 284 g/mol. The van der Waals surface area contributed by atoms with Crippen LogP contribution in [0.3, 0.4) is 0 Å². The van der Waals surface area contributed by atoms with E-state index in [9.17, 15) is 8.78 Å². The average Bonchev–Trinajstić information content (AvgIpc) is 2.81. The second-order valence-electron chi connectivity index (χ2n) is 4.35. The first-order valence-corrected chi connectivity index (χ1v) is 6.51. The van der Waals surface area contributed by atoms with Crippen LogP contribution in [-0.4, -0.2) is 14.5 Å². The molecule has 2 heterocycles. The van der Waals surface area contributed by atoms with Gasteiger partial charge in [-0.1, -0.05) is 0 Å². The van der Waals surface area contributed by atoms with E-state index in [-0.39, 0.29) is 18.0 Å². The van der Waals surface area contributed by atoms with Crippen LogP contribution in [0.1, 0.15) is 11.4 Å². The normalized spacial score (nSPS) is 11.2. The lowest BCUT2D eigenvalue weighted by Crippen LogP contribution is -2.06. The van der Waals surface area contributed by atoms with E-state index in [0.29, 0.717) is 11.3 Å². The minimum atomic E-state index is -0.472. The van der Waals surface area contributed by atoms with Gasteiger partial charge in [0.05, 0.1) is 24.1 Å². The molecule has 0 unspecified atom stereocenters. The van der Waals surface area contributed by atoms with E-state index in [1.54, 1.807) is 23.0 Å². The standard InChI is InChI=1S/C14H10ClF2N3/c15-6-14-19-12-7-18-4-3-13(12)20(14)8-9-5-10(16)1-2-11(9)17/h1-5,7H,6,8H2. The molecule has 0 atom stereocenters. The predicted octanol–water partition coefficient (Wildman–Crippen LogP) is 3.50. The summed E-state index contributed by atoms with van der Waals surface area (Å²) in [6.07, 6.45) is 3.24. The monoisotopic (exact) mass is 293 g/mol. The van der Waals surface area contributed by atoms with Gasteiger partial charge in [0.15, 0.2) is 0 Å². The summed E-state index contributed by atoms with van der Waals surface area (Å²) in [5, 5.41) is 0. The molecule has 0 aliphatic heterocycles. The summed E-state index contributed by atoms with van der Waals surface area (Å²) in [6.45, 7) is 0.173. The molecule has 0 aliphatic rings. The predicted molar refractivity (Wildman–Crippen MR) is 72.5 cm³/mol. The van der Waals surface area contributed by atoms with Gasteiger partial charge < -0.3 is 4.57 Å². The fraction of sp³-hybridized carbons (Fsp3) is 0.143. The van der Waals surface area contributed by atoms with Gasteiger partial charge in [-0.15, -0.1) is 11.6 Å². The van der Waals surface area contributed by atoms with Gasteiger partial charge in [-0.3, -0.25) is 4.98 Å². The van der Waals surface area contributed by atoms with Crippen molar-refractivity contribution in [3.8, 4) is 0 Å². The van der Waals surface area contributed by atoms with Crippen molar-refractivity contribution in [3.63, 3.8) is 0 Å². The molecule has 1 aromatic carbocycles. The molecule has 102 valence electrons. The zero-order valence-electron chi connectivity index (χ0n) is 10.4. The molecule has 0 saturated carbocycles. The van der Waals surface area contributed by atoms with Crippen molar-refractivity contribution in [3.05, 3.63) is 59.7 Å². The molecule has 0 saturated heterocycles. The summed E-state index contributed by atoms with van der Waals surface area (Å²) >= 11 is 5.87. The highest BCUT2D eigenvalue weighted by Gasteiger charge is 2.12. The van der Waals surface area contributed by atoms with Gasteiger partial charge in [0.2, 0.25) is 0 Å². The zero-order valence-corrected chi connectivity index (χ0v) is 11.1. The maximum atomic E-state index is 13.8. The second-order valence-corrected chi connectivity index (χ2v) is 4.62. The number of benzene rings is 1. The smallest absolute Gasteiger partial charge is 0.128 e. The number of pyridine rings is 1. The highest BCUT2D eigenvalue weighted by Crippen LogP contribution is 2.20. The van der Waals surface area contributed by atoms with E-state index in [1.807, 2.05) is 0 Å². The first kappa shape index (κ1) is 13.0. The largest absolute Gasteiger partial charge is 0.322 e. The number of halogens is 3. The first-order chi connectivity index (χ1) is 9.69. The van der Waals surface area contributed by atoms with Crippen LogP contribution in [0.4, 0.5) is 8.78 Å². The lowest BCUT2D eigenvalue weighted by Gasteiger charge is -2.09. The molecule has 3 rings (SSSR count). The van der Waals surface area contributed by atoms with Gasteiger partial charge in [0, 0.05) is 11.8 Å². The first-order valence-electron chi connectivity index (χ1n) is 5.98. The van der Waals surface area contributed by atoms with Crippen molar-refractivity contribution in [2.75, 3.05) is 0 Å². The summed E-state index contributed by atoms with van der Waals surface area (Å²) in [6, 6.07) is 5.17. The Kier molecular flexibility index (Phi) is 3.36.